The number of carbonyl (C=O) groups excluding carboxylic acids is 1. The number of hydrogen-bond acceptors (Lipinski definition) is 4. The quantitative estimate of drug-likeness (QED) is 0.733. The molecule has 1 N–H and O–H groups in total. The molecule has 4 aliphatic rings. The second kappa shape index (κ2) is 6.58. The number of amides is 1. The summed E-state index contributed by atoms with van der Waals surface area (Å²) in [5.74, 6) is 3.42. The summed E-state index contributed by atoms with van der Waals surface area (Å²) in [6, 6.07) is 6.13. The van der Waals surface area contributed by atoms with Crippen molar-refractivity contribution >= 4 is 22.4 Å². The third kappa shape index (κ3) is 2.95. The number of rotatable bonds is 4. The van der Waals surface area contributed by atoms with Crippen molar-refractivity contribution < 1.29 is 9.53 Å². The smallest absolute Gasteiger partial charge is 0.232 e. The average Bonchev–Trinajstić information content (AvgIpc) is 3.00. The molecule has 4 saturated carbocycles. The lowest BCUT2D eigenvalue weighted by Gasteiger charge is -2.55. The van der Waals surface area contributed by atoms with Gasteiger partial charge in [-0.1, -0.05) is 0 Å². The third-order valence-corrected chi connectivity index (χ3v) is 8.09. The number of nitrogens with one attached hydrogen (secondary N) is 1. The van der Waals surface area contributed by atoms with Crippen LogP contribution in [0.4, 0.5) is 5.13 Å². The Morgan fingerprint density at radius 2 is 1.79 bits per heavy atom. The van der Waals surface area contributed by atoms with E-state index in [9.17, 15) is 4.79 Å². The second-order valence-electron chi connectivity index (χ2n) is 9.26. The fourth-order valence-corrected chi connectivity index (χ4v) is 7.19. The third-order valence-electron chi connectivity index (χ3n) is 7.21. The van der Waals surface area contributed by atoms with Gasteiger partial charge >= 0.3 is 0 Å². The van der Waals surface area contributed by atoms with Crippen LogP contribution in [0, 0.1) is 37.0 Å². The number of carbonyl (C=O) groups is 1. The van der Waals surface area contributed by atoms with Gasteiger partial charge in [0.15, 0.2) is 5.13 Å². The fraction of sp³-hybridized carbons (Fsp3) is 0.565. The molecule has 0 atom stereocenters. The molecule has 0 unspecified atom stereocenters. The van der Waals surface area contributed by atoms with Crippen LogP contribution < -0.4 is 10.1 Å². The monoisotopic (exact) mass is 396 g/mol. The molecule has 1 amide bonds. The normalized spacial score (nSPS) is 30.5. The first-order valence-electron chi connectivity index (χ1n) is 10.4. The Bertz CT molecular complexity index is 897. The summed E-state index contributed by atoms with van der Waals surface area (Å²) >= 11 is 1.58. The highest BCUT2D eigenvalue weighted by Gasteiger charge is 2.54. The summed E-state index contributed by atoms with van der Waals surface area (Å²) in [5.41, 5.74) is 2.98. The van der Waals surface area contributed by atoms with Crippen molar-refractivity contribution in [3.05, 3.63) is 28.6 Å². The van der Waals surface area contributed by atoms with Crippen LogP contribution in [-0.2, 0) is 4.79 Å². The standard InChI is InChI=1S/C23H28N2O2S/c1-13-6-18(4-5-19(13)27-3)20-14(2)28-22(24-20)25-21(26)23-10-15-7-16(11-23)9-17(8-15)12-23/h4-6,15-17H,7-12H2,1-3H3,(H,24,25,26). The zero-order valence-electron chi connectivity index (χ0n) is 16.9. The summed E-state index contributed by atoms with van der Waals surface area (Å²) in [6.45, 7) is 4.12. The number of hydrogen-bond donors (Lipinski definition) is 1. The summed E-state index contributed by atoms with van der Waals surface area (Å²) in [7, 11) is 1.69. The number of ether oxygens (including phenoxy) is 1. The second-order valence-corrected chi connectivity index (χ2v) is 10.5. The van der Waals surface area contributed by atoms with Crippen LogP contribution in [0.15, 0.2) is 18.2 Å². The minimum absolute atomic E-state index is 0.134. The van der Waals surface area contributed by atoms with Crippen molar-refractivity contribution in [1.29, 1.82) is 0 Å². The maximum atomic E-state index is 13.3. The van der Waals surface area contributed by atoms with Gasteiger partial charge in [-0.2, -0.15) is 0 Å². The largest absolute Gasteiger partial charge is 0.496 e. The minimum atomic E-state index is -0.134. The van der Waals surface area contributed by atoms with E-state index in [1.165, 1.54) is 19.3 Å². The Morgan fingerprint density at radius 3 is 2.36 bits per heavy atom. The molecular weight excluding hydrogens is 368 g/mol. The molecule has 6 rings (SSSR count). The van der Waals surface area contributed by atoms with Crippen LogP contribution in [-0.4, -0.2) is 18.0 Å². The van der Waals surface area contributed by atoms with Crippen LogP contribution in [0.3, 0.4) is 0 Å². The molecular formula is C23H28N2O2S. The van der Waals surface area contributed by atoms with E-state index in [4.69, 9.17) is 9.72 Å². The van der Waals surface area contributed by atoms with Crippen molar-refractivity contribution in [2.75, 3.05) is 12.4 Å². The summed E-state index contributed by atoms with van der Waals surface area (Å²) < 4.78 is 5.37. The summed E-state index contributed by atoms with van der Waals surface area (Å²) in [5, 5.41) is 3.95. The van der Waals surface area contributed by atoms with E-state index in [-0.39, 0.29) is 11.3 Å². The van der Waals surface area contributed by atoms with Crippen molar-refractivity contribution in [3.63, 3.8) is 0 Å². The van der Waals surface area contributed by atoms with Crippen molar-refractivity contribution in [2.45, 2.75) is 52.4 Å². The number of benzene rings is 1. The highest BCUT2D eigenvalue weighted by molar-refractivity contribution is 7.16. The van der Waals surface area contributed by atoms with E-state index in [1.54, 1.807) is 18.4 Å². The van der Waals surface area contributed by atoms with Gasteiger partial charge in [-0.3, -0.25) is 4.79 Å². The molecule has 0 radical (unpaired) electrons. The molecule has 0 aliphatic heterocycles. The van der Waals surface area contributed by atoms with E-state index < -0.39 is 0 Å². The number of aryl methyl sites for hydroxylation is 2. The molecule has 148 valence electrons. The van der Waals surface area contributed by atoms with Crippen LogP contribution in [0.5, 0.6) is 5.75 Å². The van der Waals surface area contributed by atoms with Gasteiger partial charge in [-0.05, 0) is 93.9 Å². The van der Waals surface area contributed by atoms with Crippen LogP contribution in [0.2, 0.25) is 0 Å². The Kier molecular flexibility index (Phi) is 4.27. The summed E-state index contributed by atoms with van der Waals surface area (Å²) in [4.78, 5) is 19.2. The van der Waals surface area contributed by atoms with Gasteiger partial charge in [0.1, 0.15) is 5.75 Å². The molecule has 1 heterocycles. The number of aromatic nitrogens is 1. The maximum Gasteiger partial charge on any atom is 0.232 e. The van der Waals surface area contributed by atoms with E-state index in [0.29, 0.717) is 0 Å². The predicted octanol–water partition coefficient (Wildman–Crippen LogP) is 5.59. The van der Waals surface area contributed by atoms with Gasteiger partial charge in [-0.25, -0.2) is 4.98 Å². The van der Waals surface area contributed by atoms with Gasteiger partial charge in [0.2, 0.25) is 5.91 Å². The lowest BCUT2D eigenvalue weighted by molar-refractivity contribution is -0.140. The average molecular weight is 397 g/mol. The molecule has 0 spiro atoms. The fourth-order valence-electron chi connectivity index (χ4n) is 6.36. The summed E-state index contributed by atoms with van der Waals surface area (Å²) in [6.07, 6.45) is 7.30. The molecule has 4 aliphatic carbocycles. The lowest BCUT2D eigenvalue weighted by Crippen LogP contribution is -2.51. The highest BCUT2D eigenvalue weighted by Crippen LogP contribution is 2.60. The van der Waals surface area contributed by atoms with E-state index in [0.717, 1.165) is 69.6 Å². The van der Waals surface area contributed by atoms with Crippen LogP contribution in [0.25, 0.3) is 11.3 Å². The molecule has 0 saturated heterocycles. The first kappa shape index (κ1) is 18.2. The van der Waals surface area contributed by atoms with Gasteiger partial charge < -0.3 is 10.1 Å². The van der Waals surface area contributed by atoms with Gasteiger partial charge in [0.25, 0.3) is 0 Å². The predicted molar refractivity (Wildman–Crippen MR) is 113 cm³/mol. The van der Waals surface area contributed by atoms with E-state index >= 15 is 0 Å². The SMILES string of the molecule is COc1ccc(-c2nc(NC(=O)C34CC5CC(CC(C5)C3)C4)sc2C)cc1C. The van der Waals surface area contributed by atoms with Crippen molar-refractivity contribution in [2.24, 2.45) is 23.2 Å². The molecule has 28 heavy (non-hydrogen) atoms. The lowest BCUT2D eigenvalue weighted by atomic mass is 9.49. The van der Waals surface area contributed by atoms with Gasteiger partial charge in [-0.15, -0.1) is 11.3 Å². The van der Waals surface area contributed by atoms with Crippen LogP contribution >= 0.6 is 11.3 Å². The number of anilines is 1. The molecule has 4 nitrogen and oxygen atoms in total. The van der Waals surface area contributed by atoms with E-state index in [2.05, 4.69) is 18.3 Å². The number of thiazole rings is 1. The molecule has 5 heteroatoms. The Hall–Kier alpha value is -1.88. The zero-order valence-corrected chi connectivity index (χ0v) is 17.7. The van der Waals surface area contributed by atoms with Gasteiger partial charge in [0, 0.05) is 10.4 Å². The minimum Gasteiger partial charge on any atom is -0.496 e. The first-order chi connectivity index (χ1) is 13.5. The zero-order chi connectivity index (χ0) is 19.5. The molecule has 1 aromatic carbocycles. The molecule has 1 aromatic heterocycles. The molecule has 4 fully saturated rings. The Morgan fingerprint density at radius 1 is 1.14 bits per heavy atom. The van der Waals surface area contributed by atoms with E-state index in [1.807, 2.05) is 19.1 Å². The van der Waals surface area contributed by atoms with Crippen LogP contribution in [0.1, 0.15) is 49.0 Å². The number of methoxy groups -OCH3 is 1. The Balaban J connectivity index is 1.37. The van der Waals surface area contributed by atoms with Crippen molar-refractivity contribution in [1.82, 2.24) is 4.98 Å². The number of nitrogens with zero attached hydrogens (tertiary/aromatic N) is 1. The molecule has 2 aromatic rings. The first-order valence-corrected chi connectivity index (χ1v) is 11.2. The maximum absolute atomic E-state index is 13.3. The highest BCUT2D eigenvalue weighted by atomic mass is 32.1. The van der Waals surface area contributed by atoms with Gasteiger partial charge in [0.05, 0.1) is 18.2 Å². The molecule has 4 bridgehead atoms. The topological polar surface area (TPSA) is 51.2 Å². The Labute approximate surface area is 170 Å². The van der Waals surface area contributed by atoms with Crippen molar-refractivity contribution in [3.8, 4) is 17.0 Å².